The SMILES string of the molecule is C=CCC(NC(=O)Cn1ccnn1)C(=O)O. The van der Waals surface area contributed by atoms with Gasteiger partial charge < -0.3 is 10.4 Å². The third-order valence-electron chi connectivity index (χ3n) is 1.81. The Kier molecular flexibility index (Phi) is 4.19. The summed E-state index contributed by atoms with van der Waals surface area (Å²) in [7, 11) is 0. The molecule has 1 amide bonds. The van der Waals surface area contributed by atoms with Gasteiger partial charge in [-0.1, -0.05) is 11.3 Å². The molecule has 16 heavy (non-hydrogen) atoms. The molecular formula is C9H12N4O3. The standard InChI is InChI=1S/C9H12N4O3/c1-2-3-7(9(15)16)11-8(14)6-13-5-4-10-12-13/h2,4-5,7H,1,3,6H2,(H,11,14)(H,15,16). The first-order chi connectivity index (χ1) is 7.63. The van der Waals surface area contributed by atoms with Crippen LogP contribution in [0.15, 0.2) is 25.0 Å². The van der Waals surface area contributed by atoms with Crippen molar-refractivity contribution in [2.45, 2.75) is 19.0 Å². The molecule has 0 bridgehead atoms. The van der Waals surface area contributed by atoms with Gasteiger partial charge in [-0.3, -0.25) is 4.79 Å². The number of hydrogen-bond donors (Lipinski definition) is 2. The molecule has 7 nitrogen and oxygen atoms in total. The zero-order valence-corrected chi connectivity index (χ0v) is 8.54. The molecule has 1 atom stereocenters. The minimum absolute atomic E-state index is 0.0546. The van der Waals surface area contributed by atoms with E-state index >= 15 is 0 Å². The number of carboxylic acids is 1. The Morgan fingerprint density at radius 1 is 1.62 bits per heavy atom. The van der Waals surface area contributed by atoms with Gasteiger partial charge in [0.05, 0.1) is 6.20 Å². The lowest BCUT2D eigenvalue weighted by molar-refractivity contribution is -0.141. The maximum Gasteiger partial charge on any atom is 0.326 e. The van der Waals surface area contributed by atoms with Crippen LogP contribution in [0.25, 0.3) is 0 Å². The van der Waals surface area contributed by atoms with E-state index in [4.69, 9.17) is 5.11 Å². The summed E-state index contributed by atoms with van der Waals surface area (Å²) in [4.78, 5) is 22.1. The number of hydrogen-bond acceptors (Lipinski definition) is 4. The number of nitrogens with one attached hydrogen (secondary N) is 1. The highest BCUT2D eigenvalue weighted by Crippen LogP contribution is 1.93. The third-order valence-corrected chi connectivity index (χ3v) is 1.81. The molecule has 86 valence electrons. The van der Waals surface area contributed by atoms with Crippen molar-refractivity contribution in [3.05, 3.63) is 25.0 Å². The maximum atomic E-state index is 11.4. The maximum absolute atomic E-state index is 11.4. The van der Waals surface area contributed by atoms with Crippen molar-refractivity contribution in [3.8, 4) is 0 Å². The van der Waals surface area contributed by atoms with Gasteiger partial charge in [0.25, 0.3) is 0 Å². The molecule has 0 saturated carbocycles. The average molecular weight is 224 g/mol. The predicted octanol–water partition coefficient (Wildman–Crippen LogP) is -0.576. The van der Waals surface area contributed by atoms with Gasteiger partial charge in [0.2, 0.25) is 5.91 Å². The van der Waals surface area contributed by atoms with Crippen LogP contribution in [0.1, 0.15) is 6.42 Å². The van der Waals surface area contributed by atoms with E-state index in [2.05, 4.69) is 22.2 Å². The Morgan fingerprint density at radius 2 is 2.38 bits per heavy atom. The van der Waals surface area contributed by atoms with E-state index in [1.54, 1.807) is 0 Å². The number of carbonyl (C=O) groups excluding carboxylic acids is 1. The van der Waals surface area contributed by atoms with E-state index in [1.165, 1.54) is 23.2 Å². The number of aromatic nitrogens is 3. The molecule has 0 fully saturated rings. The van der Waals surface area contributed by atoms with Crippen LogP contribution in [-0.4, -0.2) is 38.0 Å². The van der Waals surface area contributed by atoms with Gasteiger partial charge in [-0.15, -0.1) is 11.7 Å². The molecule has 7 heteroatoms. The topological polar surface area (TPSA) is 97.1 Å². The average Bonchev–Trinajstić information content (AvgIpc) is 2.69. The normalized spacial score (nSPS) is 11.8. The van der Waals surface area contributed by atoms with Crippen molar-refractivity contribution >= 4 is 11.9 Å². The van der Waals surface area contributed by atoms with Crippen LogP contribution in [0.5, 0.6) is 0 Å². The Balaban J connectivity index is 2.48. The zero-order valence-electron chi connectivity index (χ0n) is 8.54. The lowest BCUT2D eigenvalue weighted by Crippen LogP contribution is -2.42. The number of carboxylic acid groups (broad SMARTS) is 1. The molecule has 1 unspecified atom stereocenters. The second-order valence-electron chi connectivity index (χ2n) is 3.08. The Morgan fingerprint density at radius 3 is 2.88 bits per heavy atom. The Labute approximate surface area is 91.8 Å². The lowest BCUT2D eigenvalue weighted by Gasteiger charge is -2.12. The fourth-order valence-electron chi connectivity index (χ4n) is 1.09. The van der Waals surface area contributed by atoms with Crippen LogP contribution in [0.3, 0.4) is 0 Å². The van der Waals surface area contributed by atoms with Crippen molar-refractivity contribution in [1.29, 1.82) is 0 Å². The smallest absolute Gasteiger partial charge is 0.326 e. The van der Waals surface area contributed by atoms with E-state index in [0.29, 0.717) is 0 Å². The molecule has 0 aromatic carbocycles. The molecule has 1 rings (SSSR count). The van der Waals surface area contributed by atoms with Crippen LogP contribution < -0.4 is 5.32 Å². The number of aliphatic carboxylic acids is 1. The van der Waals surface area contributed by atoms with Crippen LogP contribution in [0, 0.1) is 0 Å². The summed E-state index contributed by atoms with van der Waals surface area (Å²) in [6, 6.07) is -0.950. The van der Waals surface area contributed by atoms with Gasteiger partial charge in [-0.25, -0.2) is 9.48 Å². The minimum atomic E-state index is -1.09. The first-order valence-electron chi connectivity index (χ1n) is 4.60. The van der Waals surface area contributed by atoms with E-state index < -0.39 is 17.9 Å². The quantitative estimate of drug-likeness (QED) is 0.630. The van der Waals surface area contributed by atoms with Crippen molar-refractivity contribution in [2.24, 2.45) is 0 Å². The van der Waals surface area contributed by atoms with E-state index in [9.17, 15) is 9.59 Å². The first-order valence-corrected chi connectivity index (χ1v) is 4.60. The second kappa shape index (κ2) is 5.64. The fourth-order valence-corrected chi connectivity index (χ4v) is 1.09. The van der Waals surface area contributed by atoms with E-state index in [1.807, 2.05) is 0 Å². The highest BCUT2D eigenvalue weighted by molar-refractivity contribution is 5.83. The Bertz CT molecular complexity index is 374. The van der Waals surface area contributed by atoms with Gasteiger partial charge in [0.1, 0.15) is 12.6 Å². The molecule has 0 spiro atoms. The number of carbonyl (C=O) groups is 2. The summed E-state index contributed by atoms with van der Waals surface area (Å²) in [5.74, 6) is -1.52. The highest BCUT2D eigenvalue weighted by atomic mass is 16.4. The summed E-state index contributed by atoms with van der Waals surface area (Å²) < 4.78 is 1.31. The van der Waals surface area contributed by atoms with Gasteiger partial charge in [0.15, 0.2) is 0 Å². The van der Waals surface area contributed by atoms with Gasteiger partial charge in [0, 0.05) is 6.20 Å². The van der Waals surface area contributed by atoms with Crippen molar-refractivity contribution in [2.75, 3.05) is 0 Å². The van der Waals surface area contributed by atoms with E-state index in [-0.39, 0.29) is 13.0 Å². The molecule has 1 aromatic heterocycles. The summed E-state index contributed by atoms with van der Waals surface area (Å²) in [5, 5.41) is 18.3. The van der Waals surface area contributed by atoms with Crippen LogP contribution in [0.4, 0.5) is 0 Å². The molecule has 0 saturated heterocycles. The summed E-state index contributed by atoms with van der Waals surface area (Å²) in [6.07, 6.45) is 4.57. The van der Waals surface area contributed by atoms with Crippen LogP contribution >= 0.6 is 0 Å². The molecule has 2 N–H and O–H groups in total. The lowest BCUT2D eigenvalue weighted by atomic mass is 10.2. The zero-order chi connectivity index (χ0) is 12.0. The monoisotopic (exact) mass is 224 g/mol. The molecule has 1 aromatic rings. The van der Waals surface area contributed by atoms with Gasteiger partial charge >= 0.3 is 5.97 Å². The summed E-state index contributed by atoms with van der Waals surface area (Å²) >= 11 is 0. The minimum Gasteiger partial charge on any atom is -0.480 e. The third kappa shape index (κ3) is 3.52. The predicted molar refractivity (Wildman–Crippen MR) is 54.4 cm³/mol. The van der Waals surface area contributed by atoms with Crippen molar-refractivity contribution in [1.82, 2.24) is 20.3 Å². The van der Waals surface area contributed by atoms with E-state index in [0.717, 1.165) is 0 Å². The summed E-state index contributed by atoms with van der Waals surface area (Å²) in [5.41, 5.74) is 0. The number of nitrogens with zero attached hydrogens (tertiary/aromatic N) is 3. The largest absolute Gasteiger partial charge is 0.480 e. The number of rotatable bonds is 6. The molecule has 1 heterocycles. The van der Waals surface area contributed by atoms with Crippen LogP contribution in [-0.2, 0) is 16.1 Å². The Hall–Kier alpha value is -2.18. The van der Waals surface area contributed by atoms with Crippen LogP contribution in [0.2, 0.25) is 0 Å². The second-order valence-corrected chi connectivity index (χ2v) is 3.08. The molecule has 0 aliphatic carbocycles. The fraction of sp³-hybridized carbons (Fsp3) is 0.333. The van der Waals surface area contributed by atoms with Gasteiger partial charge in [-0.2, -0.15) is 0 Å². The van der Waals surface area contributed by atoms with Gasteiger partial charge in [-0.05, 0) is 6.42 Å². The highest BCUT2D eigenvalue weighted by Gasteiger charge is 2.18. The molecule has 0 aliphatic heterocycles. The number of amides is 1. The first kappa shape index (κ1) is 11.9. The summed E-state index contributed by atoms with van der Waals surface area (Å²) in [6.45, 7) is 3.37. The molecule has 0 radical (unpaired) electrons. The molecule has 0 aliphatic rings. The van der Waals surface area contributed by atoms with Crippen molar-refractivity contribution < 1.29 is 14.7 Å². The molecular weight excluding hydrogens is 212 g/mol. The van der Waals surface area contributed by atoms with Crippen molar-refractivity contribution in [3.63, 3.8) is 0 Å².